The van der Waals surface area contributed by atoms with Crippen LogP contribution >= 0.6 is 0 Å². The fraction of sp³-hybridized carbons (Fsp3) is 0.174. The van der Waals surface area contributed by atoms with Crippen LogP contribution < -0.4 is 10.5 Å². The van der Waals surface area contributed by atoms with Crippen LogP contribution in [0.3, 0.4) is 0 Å². The number of carbonyl (C=O) groups excluding carboxylic acids is 1. The van der Waals surface area contributed by atoms with Gasteiger partial charge < -0.3 is 19.9 Å². The van der Waals surface area contributed by atoms with Gasteiger partial charge in [0.05, 0.1) is 23.7 Å². The third-order valence-electron chi connectivity index (χ3n) is 5.13. The zero-order valence-corrected chi connectivity index (χ0v) is 18.5. The molecule has 0 radical (unpaired) electrons. The highest BCUT2D eigenvalue weighted by atomic mass is 32.2. The van der Waals surface area contributed by atoms with Crippen LogP contribution in [0, 0.1) is 11.3 Å². The Morgan fingerprint density at radius 3 is 2.58 bits per heavy atom. The number of ether oxygens (including phenoxy) is 3. The smallest absolute Gasteiger partial charge is 0.338 e. The van der Waals surface area contributed by atoms with Gasteiger partial charge in [-0.05, 0) is 43.7 Å². The molecule has 33 heavy (non-hydrogen) atoms. The summed E-state index contributed by atoms with van der Waals surface area (Å²) in [6.45, 7) is 3.41. The normalized spacial score (nSPS) is 18.7. The van der Waals surface area contributed by atoms with Crippen LogP contribution in [0.4, 0.5) is 0 Å². The summed E-state index contributed by atoms with van der Waals surface area (Å²) in [5, 5.41) is 9.66. The minimum atomic E-state index is -3.81. The van der Waals surface area contributed by atoms with Crippen molar-refractivity contribution in [2.45, 2.75) is 24.7 Å². The van der Waals surface area contributed by atoms with Gasteiger partial charge in [0.1, 0.15) is 28.0 Å². The number of esters is 1. The standard InChI is InChI=1S/C23H19N3O6S/c1-3-30-23(27)19-13(2)31-21(25)17(12-24)20(19)14-8-10-15(11-9-14)32-22-16-6-4-5-7-18(16)33(28,29)26-22/h4-11,20H,3,25H2,1-2H3. The van der Waals surface area contributed by atoms with Crippen molar-refractivity contribution in [3.05, 3.63) is 82.4 Å². The number of sulfonamides is 1. The highest BCUT2D eigenvalue weighted by Gasteiger charge is 2.36. The summed E-state index contributed by atoms with van der Waals surface area (Å²) < 4.78 is 44.4. The van der Waals surface area contributed by atoms with Crippen molar-refractivity contribution in [3.63, 3.8) is 0 Å². The molecule has 0 fully saturated rings. The molecular weight excluding hydrogens is 446 g/mol. The van der Waals surface area contributed by atoms with Crippen molar-refractivity contribution in [2.75, 3.05) is 6.61 Å². The van der Waals surface area contributed by atoms with Gasteiger partial charge >= 0.3 is 5.97 Å². The average Bonchev–Trinajstić information content (AvgIpc) is 3.04. The summed E-state index contributed by atoms with van der Waals surface area (Å²) in [6.07, 6.45) is 0. The van der Waals surface area contributed by atoms with Crippen LogP contribution in [0.5, 0.6) is 5.75 Å². The van der Waals surface area contributed by atoms with E-state index in [9.17, 15) is 18.5 Å². The van der Waals surface area contributed by atoms with Crippen molar-refractivity contribution in [1.82, 2.24) is 0 Å². The average molecular weight is 465 g/mol. The molecule has 168 valence electrons. The number of carbonyl (C=O) groups is 1. The lowest BCUT2D eigenvalue weighted by molar-refractivity contribution is -0.139. The second kappa shape index (κ2) is 8.44. The topological polar surface area (TPSA) is 141 Å². The summed E-state index contributed by atoms with van der Waals surface area (Å²) >= 11 is 0. The number of nitrogens with zero attached hydrogens (tertiary/aromatic N) is 2. The summed E-state index contributed by atoms with van der Waals surface area (Å²) in [4.78, 5) is 12.7. The Morgan fingerprint density at radius 2 is 1.91 bits per heavy atom. The quantitative estimate of drug-likeness (QED) is 0.680. The van der Waals surface area contributed by atoms with Gasteiger partial charge in [-0.3, -0.25) is 0 Å². The molecule has 2 aliphatic heterocycles. The fourth-order valence-corrected chi connectivity index (χ4v) is 4.81. The molecule has 10 heteroatoms. The van der Waals surface area contributed by atoms with E-state index < -0.39 is 21.9 Å². The minimum absolute atomic E-state index is 0.0331. The molecule has 0 aromatic heterocycles. The molecule has 0 saturated heterocycles. The Bertz CT molecular complexity index is 1380. The van der Waals surface area contributed by atoms with E-state index in [4.69, 9.17) is 19.9 Å². The Morgan fingerprint density at radius 1 is 1.21 bits per heavy atom. The van der Waals surface area contributed by atoms with Gasteiger partial charge in [0.2, 0.25) is 11.8 Å². The first-order valence-corrected chi connectivity index (χ1v) is 11.4. The Balaban J connectivity index is 1.68. The monoisotopic (exact) mass is 465 g/mol. The summed E-state index contributed by atoms with van der Waals surface area (Å²) in [7, 11) is -3.81. The van der Waals surface area contributed by atoms with Crippen LogP contribution in [0.15, 0.2) is 80.6 Å². The molecule has 0 saturated carbocycles. The zero-order valence-electron chi connectivity index (χ0n) is 17.7. The molecule has 2 N–H and O–H groups in total. The number of allylic oxidation sites excluding steroid dienone is 2. The SMILES string of the molecule is CCOC(=O)C1=C(C)OC(N)=C(C#N)C1c1ccc(OC2=NS(=O)(=O)c3ccccc32)cc1. The van der Waals surface area contributed by atoms with Crippen LogP contribution in [-0.2, 0) is 24.3 Å². The summed E-state index contributed by atoms with van der Waals surface area (Å²) in [6, 6.07) is 14.9. The second-order valence-electron chi connectivity index (χ2n) is 7.15. The lowest BCUT2D eigenvalue weighted by atomic mass is 9.83. The molecular formula is C23H19N3O6S. The third-order valence-corrected chi connectivity index (χ3v) is 6.45. The first kappa shape index (κ1) is 22.1. The molecule has 0 bridgehead atoms. The van der Waals surface area contributed by atoms with Crippen molar-refractivity contribution >= 4 is 21.9 Å². The predicted molar refractivity (Wildman–Crippen MR) is 117 cm³/mol. The third kappa shape index (κ3) is 3.94. The lowest BCUT2D eigenvalue weighted by Crippen LogP contribution is -2.25. The van der Waals surface area contributed by atoms with Crippen LogP contribution in [0.25, 0.3) is 0 Å². The number of nitriles is 1. The van der Waals surface area contributed by atoms with E-state index in [1.165, 1.54) is 6.07 Å². The van der Waals surface area contributed by atoms with Gasteiger partial charge in [0.15, 0.2) is 0 Å². The highest BCUT2D eigenvalue weighted by molar-refractivity contribution is 7.90. The van der Waals surface area contributed by atoms with E-state index in [-0.39, 0.29) is 40.2 Å². The molecule has 2 aromatic rings. The Hall–Kier alpha value is -4.10. The largest absolute Gasteiger partial charge is 0.463 e. The molecule has 0 amide bonds. The zero-order chi connectivity index (χ0) is 23.8. The van der Waals surface area contributed by atoms with Crippen LogP contribution in [0.2, 0.25) is 0 Å². The minimum Gasteiger partial charge on any atom is -0.463 e. The number of nitrogens with two attached hydrogens (primary N) is 1. The molecule has 4 rings (SSSR count). The maximum Gasteiger partial charge on any atom is 0.338 e. The van der Waals surface area contributed by atoms with E-state index in [1.54, 1.807) is 56.3 Å². The number of fused-ring (bicyclic) bond motifs is 1. The molecule has 0 aliphatic carbocycles. The molecule has 2 heterocycles. The molecule has 9 nitrogen and oxygen atoms in total. The van der Waals surface area contributed by atoms with Gasteiger partial charge in [-0.2, -0.15) is 13.7 Å². The van der Waals surface area contributed by atoms with Crippen LogP contribution in [-0.4, -0.2) is 26.9 Å². The van der Waals surface area contributed by atoms with Gasteiger partial charge in [0, 0.05) is 0 Å². The summed E-state index contributed by atoms with van der Waals surface area (Å²) in [5.74, 6) is -0.947. The van der Waals surface area contributed by atoms with E-state index in [2.05, 4.69) is 4.40 Å². The van der Waals surface area contributed by atoms with Gasteiger partial charge in [0.25, 0.3) is 10.0 Å². The van der Waals surface area contributed by atoms with Gasteiger partial charge in [-0.1, -0.05) is 24.3 Å². The van der Waals surface area contributed by atoms with E-state index in [0.29, 0.717) is 16.9 Å². The molecule has 2 aromatic carbocycles. The fourth-order valence-electron chi connectivity index (χ4n) is 3.68. The number of hydrogen-bond donors (Lipinski definition) is 1. The van der Waals surface area contributed by atoms with Crippen molar-refractivity contribution in [2.24, 2.45) is 10.1 Å². The van der Waals surface area contributed by atoms with Gasteiger partial charge in [-0.25, -0.2) is 4.79 Å². The van der Waals surface area contributed by atoms with Crippen molar-refractivity contribution < 1.29 is 27.4 Å². The van der Waals surface area contributed by atoms with Gasteiger partial charge in [-0.15, -0.1) is 4.40 Å². The van der Waals surface area contributed by atoms with E-state index in [0.717, 1.165) is 0 Å². The van der Waals surface area contributed by atoms with Crippen LogP contribution in [0.1, 0.15) is 30.9 Å². The van der Waals surface area contributed by atoms with E-state index >= 15 is 0 Å². The maximum atomic E-state index is 12.6. The highest BCUT2D eigenvalue weighted by Crippen LogP contribution is 2.40. The van der Waals surface area contributed by atoms with Crippen molar-refractivity contribution in [3.8, 4) is 11.8 Å². The summed E-state index contributed by atoms with van der Waals surface area (Å²) in [5.41, 5.74) is 7.11. The van der Waals surface area contributed by atoms with E-state index in [1.807, 2.05) is 6.07 Å². The molecule has 1 unspecified atom stereocenters. The molecule has 2 aliphatic rings. The number of hydrogen-bond acceptors (Lipinski definition) is 8. The molecule has 0 spiro atoms. The Labute approximate surface area is 190 Å². The number of rotatable bonds is 4. The first-order valence-electron chi connectivity index (χ1n) is 9.94. The second-order valence-corrected chi connectivity index (χ2v) is 8.73. The Kier molecular flexibility index (Phi) is 5.66. The van der Waals surface area contributed by atoms with Crippen molar-refractivity contribution in [1.29, 1.82) is 5.26 Å². The number of benzene rings is 2. The first-order chi connectivity index (χ1) is 15.8. The molecule has 1 atom stereocenters. The predicted octanol–water partition coefficient (Wildman–Crippen LogP) is 2.86. The maximum absolute atomic E-state index is 12.6. The lowest BCUT2D eigenvalue weighted by Gasteiger charge is -2.26.